The lowest BCUT2D eigenvalue weighted by molar-refractivity contribution is -0.133. The third kappa shape index (κ3) is 2.82. The molecule has 0 aliphatic carbocycles. The van der Waals surface area contributed by atoms with Gasteiger partial charge in [0, 0.05) is 4.88 Å². The lowest BCUT2D eigenvalue weighted by Gasteiger charge is -2.03. The molecule has 0 bridgehead atoms. The number of rotatable bonds is 5. The number of thiophene rings is 1. The number of aryl methyl sites for hydroxylation is 1. The highest BCUT2D eigenvalue weighted by Gasteiger charge is 2.12. The number of thioether (sulfide) groups is 1. The van der Waals surface area contributed by atoms with Crippen LogP contribution in [-0.4, -0.2) is 31.6 Å². The van der Waals surface area contributed by atoms with Crippen LogP contribution in [0.3, 0.4) is 0 Å². The number of aliphatic carboxylic acids is 1. The van der Waals surface area contributed by atoms with Crippen molar-refractivity contribution >= 4 is 29.1 Å². The molecule has 2 aromatic rings. The number of nitrogens with one attached hydrogen (secondary N) is 1. The van der Waals surface area contributed by atoms with E-state index in [-0.39, 0.29) is 11.4 Å². The van der Waals surface area contributed by atoms with Crippen molar-refractivity contribution in [2.24, 2.45) is 0 Å². The third-order valence-corrected chi connectivity index (χ3v) is 4.29. The van der Waals surface area contributed by atoms with E-state index >= 15 is 0 Å². The minimum Gasteiger partial charge on any atom is -0.481 e. The number of nitrogens with zero attached hydrogens (tertiary/aromatic N) is 2. The minimum atomic E-state index is -0.936. The maximum Gasteiger partial charge on any atom is 0.344 e. The molecule has 0 aliphatic heterocycles. The van der Waals surface area contributed by atoms with Crippen LogP contribution in [0.1, 0.15) is 10.4 Å². The molecule has 0 atom stereocenters. The Bertz CT molecular complexity index is 614. The highest BCUT2D eigenvalue weighted by atomic mass is 32.2. The van der Waals surface area contributed by atoms with Gasteiger partial charge in [-0.15, -0.1) is 16.4 Å². The Balaban J connectivity index is 2.22. The lowest BCUT2D eigenvalue weighted by atomic mass is 10.3. The van der Waals surface area contributed by atoms with Crippen molar-refractivity contribution in [3.8, 4) is 0 Å². The summed E-state index contributed by atoms with van der Waals surface area (Å²) in [5, 5.41) is 17.2. The average molecular weight is 285 g/mol. The van der Waals surface area contributed by atoms with E-state index in [0.717, 1.165) is 22.2 Å². The zero-order valence-corrected chi connectivity index (χ0v) is 11.2. The van der Waals surface area contributed by atoms with Gasteiger partial charge in [0.2, 0.25) is 0 Å². The first-order valence-electron chi connectivity index (χ1n) is 5.10. The monoisotopic (exact) mass is 285 g/mol. The Morgan fingerprint density at radius 3 is 3.06 bits per heavy atom. The second-order valence-electron chi connectivity index (χ2n) is 3.61. The molecule has 0 saturated carbocycles. The number of hydrogen-bond acceptors (Lipinski definition) is 5. The van der Waals surface area contributed by atoms with E-state index in [1.54, 1.807) is 11.3 Å². The summed E-state index contributed by atoms with van der Waals surface area (Å²) in [4.78, 5) is 23.2. The standard InChI is InChI=1S/C10H11N3O3S2/c1-6-2-3-17-7(6)4-13-9(16)11-12-10(13)18-5-8(14)15/h2-3H,4-5H2,1H3,(H,11,16)(H,14,15). The summed E-state index contributed by atoms with van der Waals surface area (Å²) in [5.41, 5.74) is 0.790. The summed E-state index contributed by atoms with van der Waals surface area (Å²) in [6, 6.07) is 1.98. The predicted molar refractivity (Wildman–Crippen MR) is 69.4 cm³/mol. The van der Waals surface area contributed by atoms with Crippen LogP contribution in [0.4, 0.5) is 0 Å². The fraction of sp³-hybridized carbons (Fsp3) is 0.300. The molecule has 8 heteroatoms. The summed E-state index contributed by atoms with van der Waals surface area (Å²) in [5.74, 6) is -1.05. The molecule has 0 aromatic carbocycles. The van der Waals surface area contributed by atoms with Crippen LogP contribution in [0.15, 0.2) is 21.4 Å². The molecular weight excluding hydrogens is 274 g/mol. The molecule has 2 rings (SSSR count). The second-order valence-corrected chi connectivity index (χ2v) is 5.55. The molecule has 0 amide bonds. The topological polar surface area (TPSA) is 88.0 Å². The van der Waals surface area contributed by atoms with E-state index in [4.69, 9.17) is 5.11 Å². The molecule has 0 radical (unpaired) electrons. The SMILES string of the molecule is Cc1ccsc1Cn1c(SCC(=O)O)n[nH]c1=O. The van der Waals surface area contributed by atoms with E-state index in [0.29, 0.717) is 11.7 Å². The van der Waals surface area contributed by atoms with Gasteiger partial charge in [0.05, 0.1) is 12.3 Å². The Kier molecular flexibility index (Phi) is 3.87. The zero-order valence-electron chi connectivity index (χ0n) is 9.54. The van der Waals surface area contributed by atoms with Gasteiger partial charge in [0.25, 0.3) is 0 Å². The van der Waals surface area contributed by atoms with Crippen LogP contribution in [0.25, 0.3) is 0 Å². The summed E-state index contributed by atoms with van der Waals surface area (Å²) in [6.45, 7) is 2.39. The molecular formula is C10H11N3O3S2. The van der Waals surface area contributed by atoms with Crippen LogP contribution in [0.2, 0.25) is 0 Å². The maximum atomic E-state index is 11.6. The number of carboxylic acid groups (broad SMARTS) is 1. The van der Waals surface area contributed by atoms with Gasteiger partial charge >= 0.3 is 11.7 Å². The van der Waals surface area contributed by atoms with Gasteiger partial charge in [-0.05, 0) is 23.9 Å². The molecule has 18 heavy (non-hydrogen) atoms. The Hall–Kier alpha value is -1.54. The maximum absolute atomic E-state index is 11.6. The number of H-pyrrole nitrogens is 1. The van der Waals surface area contributed by atoms with Crippen molar-refractivity contribution in [3.05, 3.63) is 32.4 Å². The Morgan fingerprint density at radius 2 is 2.44 bits per heavy atom. The molecule has 6 nitrogen and oxygen atoms in total. The average Bonchev–Trinajstić information content (AvgIpc) is 2.86. The van der Waals surface area contributed by atoms with Crippen molar-refractivity contribution in [1.29, 1.82) is 0 Å². The van der Waals surface area contributed by atoms with Gasteiger partial charge < -0.3 is 5.11 Å². The lowest BCUT2D eigenvalue weighted by Crippen LogP contribution is -2.18. The fourth-order valence-electron chi connectivity index (χ4n) is 1.39. The molecule has 2 N–H and O–H groups in total. The van der Waals surface area contributed by atoms with Crippen LogP contribution >= 0.6 is 23.1 Å². The fourth-order valence-corrected chi connectivity index (χ4v) is 2.95. The summed E-state index contributed by atoms with van der Waals surface area (Å²) < 4.78 is 1.45. The minimum absolute atomic E-state index is 0.117. The number of carbonyl (C=O) groups is 1. The molecule has 0 fully saturated rings. The normalized spacial score (nSPS) is 10.7. The number of hydrogen-bond donors (Lipinski definition) is 2. The molecule has 0 spiro atoms. The quantitative estimate of drug-likeness (QED) is 0.805. The molecule has 0 saturated heterocycles. The highest BCUT2D eigenvalue weighted by Crippen LogP contribution is 2.19. The van der Waals surface area contributed by atoms with E-state index in [1.165, 1.54) is 4.57 Å². The first-order valence-corrected chi connectivity index (χ1v) is 6.97. The van der Waals surface area contributed by atoms with E-state index < -0.39 is 5.97 Å². The first kappa shape index (κ1) is 12.9. The van der Waals surface area contributed by atoms with Gasteiger partial charge in [-0.1, -0.05) is 11.8 Å². The first-order chi connectivity index (χ1) is 8.58. The molecule has 0 unspecified atom stereocenters. The summed E-state index contributed by atoms with van der Waals surface area (Å²) in [7, 11) is 0. The van der Waals surface area contributed by atoms with Crippen molar-refractivity contribution in [2.45, 2.75) is 18.6 Å². The van der Waals surface area contributed by atoms with Gasteiger partial charge in [0.15, 0.2) is 5.16 Å². The molecule has 0 aliphatic rings. The molecule has 2 aromatic heterocycles. The number of aromatic nitrogens is 3. The second kappa shape index (κ2) is 5.40. The predicted octanol–water partition coefficient (Wildman–Crippen LogP) is 1.17. The van der Waals surface area contributed by atoms with Crippen molar-refractivity contribution in [2.75, 3.05) is 5.75 Å². The Labute approximate surface area is 111 Å². The summed E-state index contributed by atoms with van der Waals surface area (Å²) >= 11 is 2.59. The van der Waals surface area contributed by atoms with E-state index in [9.17, 15) is 9.59 Å². The summed E-state index contributed by atoms with van der Waals surface area (Å²) in [6.07, 6.45) is 0. The third-order valence-electron chi connectivity index (χ3n) is 2.32. The van der Waals surface area contributed by atoms with Crippen LogP contribution in [0.5, 0.6) is 0 Å². The van der Waals surface area contributed by atoms with Gasteiger partial charge in [-0.25, -0.2) is 9.89 Å². The smallest absolute Gasteiger partial charge is 0.344 e. The molecule has 2 heterocycles. The Morgan fingerprint density at radius 1 is 1.67 bits per heavy atom. The number of aromatic amines is 1. The van der Waals surface area contributed by atoms with Gasteiger partial charge in [-0.3, -0.25) is 9.36 Å². The van der Waals surface area contributed by atoms with Crippen molar-refractivity contribution in [3.63, 3.8) is 0 Å². The molecule has 96 valence electrons. The van der Waals surface area contributed by atoms with Gasteiger partial charge in [-0.2, -0.15) is 0 Å². The van der Waals surface area contributed by atoms with E-state index in [2.05, 4.69) is 10.2 Å². The van der Waals surface area contributed by atoms with Gasteiger partial charge in [0.1, 0.15) is 0 Å². The zero-order chi connectivity index (χ0) is 13.1. The van der Waals surface area contributed by atoms with Crippen LogP contribution in [0, 0.1) is 6.92 Å². The van der Waals surface area contributed by atoms with Crippen LogP contribution in [-0.2, 0) is 11.3 Å². The van der Waals surface area contributed by atoms with Crippen molar-refractivity contribution < 1.29 is 9.90 Å². The van der Waals surface area contributed by atoms with Crippen molar-refractivity contribution in [1.82, 2.24) is 14.8 Å². The largest absolute Gasteiger partial charge is 0.481 e. The van der Waals surface area contributed by atoms with E-state index in [1.807, 2.05) is 18.4 Å². The highest BCUT2D eigenvalue weighted by molar-refractivity contribution is 7.99. The van der Waals surface area contributed by atoms with Crippen LogP contribution < -0.4 is 5.69 Å². The number of carboxylic acids is 1.